The molecule has 0 saturated heterocycles. The first-order chi connectivity index (χ1) is 6.14. The monoisotopic (exact) mass is 222 g/mol. The molecule has 0 aromatic rings. The van der Waals surface area contributed by atoms with Crippen molar-refractivity contribution in [3.05, 3.63) is 0 Å². The van der Waals surface area contributed by atoms with E-state index in [1.165, 1.54) is 19.3 Å². The standard InChI is InChI=1S/C12H26O.ClH/c1-5-9-10-11(6-2)12(13,7-3)8-4;/h11,13H,5-10H2,1-4H3;1H. The van der Waals surface area contributed by atoms with Crippen LogP contribution in [0.3, 0.4) is 0 Å². The second-order valence-corrected chi connectivity index (χ2v) is 4.06. The third-order valence-corrected chi connectivity index (χ3v) is 3.38. The van der Waals surface area contributed by atoms with Gasteiger partial charge in [0.15, 0.2) is 0 Å². The van der Waals surface area contributed by atoms with Gasteiger partial charge in [-0.15, -0.1) is 12.4 Å². The Morgan fingerprint density at radius 3 is 1.86 bits per heavy atom. The molecule has 14 heavy (non-hydrogen) atoms. The molecule has 1 nitrogen and oxygen atoms in total. The molecule has 0 heterocycles. The first kappa shape index (κ1) is 16.7. The molecule has 0 spiro atoms. The maximum absolute atomic E-state index is 10.3. The minimum Gasteiger partial charge on any atom is -0.390 e. The molecule has 0 saturated carbocycles. The third kappa shape index (κ3) is 4.65. The highest BCUT2D eigenvalue weighted by Gasteiger charge is 2.30. The molecule has 0 aliphatic carbocycles. The van der Waals surface area contributed by atoms with E-state index in [1.807, 2.05) is 0 Å². The third-order valence-electron chi connectivity index (χ3n) is 3.38. The van der Waals surface area contributed by atoms with Crippen LogP contribution in [0.4, 0.5) is 0 Å². The van der Waals surface area contributed by atoms with E-state index < -0.39 is 5.60 Å². The molecule has 1 unspecified atom stereocenters. The zero-order valence-corrected chi connectivity index (χ0v) is 11.0. The zero-order valence-electron chi connectivity index (χ0n) is 10.2. The van der Waals surface area contributed by atoms with Gasteiger partial charge in [-0.3, -0.25) is 0 Å². The van der Waals surface area contributed by atoms with Crippen molar-refractivity contribution in [2.75, 3.05) is 0 Å². The van der Waals surface area contributed by atoms with Crippen molar-refractivity contribution in [2.24, 2.45) is 5.92 Å². The summed E-state index contributed by atoms with van der Waals surface area (Å²) < 4.78 is 0. The lowest BCUT2D eigenvalue weighted by Gasteiger charge is -2.34. The van der Waals surface area contributed by atoms with Gasteiger partial charge in [0.05, 0.1) is 5.60 Å². The Balaban J connectivity index is 0. The van der Waals surface area contributed by atoms with Crippen LogP contribution >= 0.6 is 12.4 Å². The normalized spacial score (nSPS) is 13.5. The minimum absolute atomic E-state index is 0. The molecule has 1 N–H and O–H groups in total. The highest BCUT2D eigenvalue weighted by atomic mass is 35.5. The van der Waals surface area contributed by atoms with Gasteiger partial charge in [-0.1, -0.05) is 47.0 Å². The van der Waals surface area contributed by atoms with Gasteiger partial charge in [-0.25, -0.2) is 0 Å². The van der Waals surface area contributed by atoms with Crippen LogP contribution < -0.4 is 0 Å². The summed E-state index contributed by atoms with van der Waals surface area (Å²) in [6.07, 6.45) is 6.57. The van der Waals surface area contributed by atoms with Crippen molar-refractivity contribution in [1.82, 2.24) is 0 Å². The molecule has 0 radical (unpaired) electrons. The quantitative estimate of drug-likeness (QED) is 0.686. The Labute approximate surface area is 95.7 Å². The molecule has 2 heteroatoms. The van der Waals surface area contributed by atoms with Crippen LogP contribution in [0.25, 0.3) is 0 Å². The van der Waals surface area contributed by atoms with E-state index in [4.69, 9.17) is 0 Å². The zero-order chi connectivity index (χ0) is 10.3. The van der Waals surface area contributed by atoms with Crippen LogP contribution in [0.1, 0.15) is 66.2 Å². The fourth-order valence-corrected chi connectivity index (χ4v) is 2.13. The topological polar surface area (TPSA) is 20.2 Å². The van der Waals surface area contributed by atoms with E-state index >= 15 is 0 Å². The molecule has 0 aliphatic heterocycles. The van der Waals surface area contributed by atoms with Crippen molar-refractivity contribution in [2.45, 2.75) is 71.8 Å². The molecule has 0 aromatic carbocycles. The molecule has 0 rings (SSSR count). The second-order valence-electron chi connectivity index (χ2n) is 4.06. The van der Waals surface area contributed by atoms with Crippen LogP contribution in [0, 0.1) is 5.92 Å². The van der Waals surface area contributed by atoms with E-state index in [2.05, 4.69) is 27.7 Å². The fraction of sp³-hybridized carbons (Fsp3) is 1.00. The van der Waals surface area contributed by atoms with Gasteiger partial charge in [0.1, 0.15) is 0 Å². The summed E-state index contributed by atoms with van der Waals surface area (Å²) in [5, 5.41) is 10.3. The Kier molecular flexibility index (Phi) is 10.2. The number of rotatable bonds is 7. The second kappa shape index (κ2) is 8.55. The van der Waals surface area contributed by atoms with Crippen LogP contribution in [0.2, 0.25) is 0 Å². The molecule has 0 amide bonds. The number of hydrogen-bond donors (Lipinski definition) is 1. The number of unbranched alkanes of at least 4 members (excludes halogenated alkanes) is 1. The number of aliphatic hydroxyl groups is 1. The lowest BCUT2D eigenvalue weighted by Crippen LogP contribution is -2.36. The maximum Gasteiger partial charge on any atom is 0.0670 e. The molecule has 1 atom stereocenters. The first-order valence-electron chi connectivity index (χ1n) is 5.86. The molecule has 0 fully saturated rings. The smallest absolute Gasteiger partial charge is 0.0670 e. The van der Waals surface area contributed by atoms with Crippen molar-refractivity contribution in [1.29, 1.82) is 0 Å². The molecular weight excluding hydrogens is 196 g/mol. The summed E-state index contributed by atoms with van der Waals surface area (Å²) >= 11 is 0. The Bertz CT molecular complexity index is 121. The van der Waals surface area contributed by atoms with Gasteiger partial charge in [-0.05, 0) is 25.2 Å². The van der Waals surface area contributed by atoms with Crippen molar-refractivity contribution in [3.8, 4) is 0 Å². The van der Waals surface area contributed by atoms with Crippen LogP contribution in [0.15, 0.2) is 0 Å². The van der Waals surface area contributed by atoms with E-state index in [9.17, 15) is 5.11 Å². The summed E-state index contributed by atoms with van der Waals surface area (Å²) in [7, 11) is 0. The van der Waals surface area contributed by atoms with Gasteiger partial charge in [0.2, 0.25) is 0 Å². The predicted octanol–water partition coefficient (Wildman–Crippen LogP) is 4.18. The average molecular weight is 223 g/mol. The van der Waals surface area contributed by atoms with Crippen LogP contribution in [-0.2, 0) is 0 Å². The predicted molar refractivity (Wildman–Crippen MR) is 66.1 cm³/mol. The molecule has 0 aromatic heterocycles. The Hall–Kier alpha value is 0.250. The SMILES string of the molecule is CCCCC(CC)C(O)(CC)CC.Cl. The molecular formula is C12H27ClO. The summed E-state index contributed by atoms with van der Waals surface area (Å²) in [4.78, 5) is 0. The number of halogens is 1. The van der Waals surface area contributed by atoms with Crippen molar-refractivity contribution >= 4 is 12.4 Å². The van der Waals surface area contributed by atoms with Crippen molar-refractivity contribution < 1.29 is 5.11 Å². The molecule has 88 valence electrons. The van der Waals surface area contributed by atoms with Gasteiger partial charge in [0.25, 0.3) is 0 Å². The summed E-state index contributed by atoms with van der Waals surface area (Å²) in [6.45, 7) is 8.59. The van der Waals surface area contributed by atoms with E-state index in [-0.39, 0.29) is 12.4 Å². The molecule has 0 aliphatic rings. The number of hydrogen-bond acceptors (Lipinski definition) is 1. The summed E-state index contributed by atoms with van der Waals surface area (Å²) in [5.41, 5.74) is -0.399. The van der Waals surface area contributed by atoms with Crippen LogP contribution in [0.5, 0.6) is 0 Å². The van der Waals surface area contributed by atoms with Gasteiger partial charge in [-0.2, -0.15) is 0 Å². The maximum atomic E-state index is 10.3. The van der Waals surface area contributed by atoms with Gasteiger partial charge in [0, 0.05) is 0 Å². The molecule has 0 bridgehead atoms. The van der Waals surface area contributed by atoms with Crippen LogP contribution in [-0.4, -0.2) is 10.7 Å². The largest absolute Gasteiger partial charge is 0.390 e. The first-order valence-corrected chi connectivity index (χ1v) is 5.86. The lowest BCUT2D eigenvalue weighted by atomic mass is 9.78. The average Bonchev–Trinajstić information content (AvgIpc) is 2.18. The van der Waals surface area contributed by atoms with E-state index in [0.717, 1.165) is 19.3 Å². The van der Waals surface area contributed by atoms with Gasteiger partial charge >= 0.3 is 0 Å². The summed E-state index contributed by atoms with van der Waals surface area (Å²) in [6, 6.07) is 0. The highest BCUT2D eigenvalue weighted by Crippen LogP contribution is 2.31. The Morgan fingerprint density at radius 1 is 1.07 bits per heavy atom. The van der Waals surface area contributed by atoms with E-state index in [0.29, 0.717) is 5.92 Å². The van der Waals surface area contributed by atoms with E-state index in [1.54, 1.807) is 0 Å². The highest BCUT2D eigenvalue weighted by molar-refractivity contribution is 5.85. The van der Waals surface area contributed by atoms with Crippen molar-refractivity contribution in [3.63, 3.8) is 0 Å². The summed E-state index contributed by atoms with van der Waals surface area (Å²) in [5.74, 6) is 0.502. The Morgan fingerprint density at radius 2 is 1.57 bits per heavy atom. The minimum atomic E-state index is -0.399. The lowest BCUT2D eigenvalue weighted by molar-refractivity contribution is -0.0313. The fourth-order valence-electron chi connectivity index (χ4n) is 2.13. The van der Waals surface area contributed by atoms with Gasteiger partial charge < -0.3 is 5.11 Å².